The van der Waals surface area contributed by atoms with Crippen LogP contribution in [0.4, 0.5) is 0 Å². The monoisotopic (exact) mass is 336 g/mol. The predicted octanol–water partition coefficient (Wildman–Crippen LogP) is 6.79. The van der Waals surface area contributed by atoms with Gasteiger partial charge in [0.2, 0.25) is 0 Å². The van der Waals surface area contributed by atoms with E-state index in [-0.39, 0.29) is 0 Å². The summed E-state index contributed by atoms with van der Waals surface area (Å²) in [5, 5.41) is 0. The van der Waals surface area contributed by atoms with E-state index < -0.39 is 4.84 Å². The van der Waals surface area contributed by atoms with Crippen molar-refractivity contribution in [2.45, 2.75) is 37.4 Å². The van der Waals surface area contributed by atoms with Crippen molar-refractivity contribution < 1.29 is 4.74 Å². The Kier molecular flexibility index (Phi) is 7.08. The molecule has 0 unspecified atom stereocenters. The molecule has 2 aromatic rings. The molecular weight excluding hydrogens is 315 g/mol. The molecule has 0 bridgehead atoms. The minimum absolute atomic E-state index is 0.495. The molecule has 3 heteroatoms. The Morgan fingerprint density at radius 1 is 0.909 bits per heavy atom. The molecule has 0 radical (unpaired) electrons. The summed E-state index contributed by atoms with van der Waals surface area (Å²) >= 11 is 11.9. The molecule has 0 aliphatic heterocycles. The summed E-state index contributed by atoms with van der Waals surface area (Å²) in [6.45, 7) is 3.00. The highest BCUT2D eigenvalue weighted by molar-refractivity contribution is 6.44. The van der Waals surface area contributed by atoms with Crippen LogP contribution in [0, 0.1) is 0 Å². The molecule has 22 heavy (non-hydrogen) atoms. The van der Waals surface area contributed by atoms with E-state index in [0.717, 1.165) is 35.5 Å². The molecule has 1 nitrogen and oxygen atoms in total. The molecule has 0 amide bonds. The van der Waals surface area contributed by atoms with Gasteiger partial charge in [-0.1, -0.05) is 56.5 Å². The number of unbranched alkanes of at least 4 members (excludes halogenated alkanes) is 3. The largest absolute Gasteiger partial charge is 0.494 e. The SMILES string of the molecule is CCCCCCOc1ccc(-c2cccc(C(Cl)Cl)c2)cc1. The topological polar surface area (TPSA) is 9.23 Å². The van der Waals surface area contributed by atoms with Gasteiger partial charge < -0.3 is 4.74 Å². The van der Waals surface area contributed by atoms with Crippen LogP contribution in [-0.4, -0.2) is 6.61 Å². The van der Waals surface area contributed by atoms with Gasteiger partial charge in [0.15, 0.2) is 0 Å². The number of alkyl halides is 2. The summed E-state index contributed by atoms with van der Waals surface area (Å²) < 4.78 is 5.76. The molecule has 0 spiro atoms. The maximum atomic E-state index is 5.93. The van der Waals surface area contributed by atoms with Crippen LogP contribution in [0.3, 0.4) is 0 Å². The first-order valence-electron chi connectivity index (χ1n) is 7.82. The molecule has 118 valence electrons. The van der Waals surface area contributed by atoms with Crippen molar-refractivity contribution in [3.05, 3.63) is 54.1 Å². The van der Waals surface area contributed by atoms with Crippen molar-refractivity contribution in [3.63, 3.8) is 0 Å². The van der Waals surface area contributed by atoms with E-state index in [1.165, 1.54) is 19.3 Å². The summed E-state index contributed by atoms with van der Waals surface area (Å²) in [4.78, 5) is -0.495. The van der Waals surface area contributed by atoms with Crippen LogP contribution in [0.5, 0.6) is 5.75 Å². The average Bonchev–Trinajstić information content (AvgIpc) is 2.55. The van der Waals surface area contributed by atoms with Crippen molar-refractivity contribution in [2.24, 2.45) is 0 Å². The predicted molar refractivity (Wildman–Crippen MR) is 96.0 cm³/mol. The lowest BCUT2D eigenvalue weighted by molar-refractivity contribution is 0.305. The smallest absolute Gasteiger partial charge is 0.132 e. The third kappa shape index (κ3) is 5.23. The van der Waals surface area contributed by atoms with Crippen LogP contribution in [0.25, 0.3) is 11.1 Å². The van der Waals surface area contributed by atoms with Gasteiger partial charge in [0.25, 0.3) is 0 Å². The Morgan fingerprint density at radius 2 is 1.68 bits per heavy atom. The van der Waals surface area contributed by atoms with E-state index in [0.29, 0.717) is 0 Å². The zero-order valence-electron chi connectivity index (χ0n) is 12.9. The van der Waals surface area contributed by atoms with Crippen LogP contribution in [0.2, 0.25) is 0 Å². The summed E-state index contributed by atoms with van der Waals surface area (Å²) in [7, 11) is 0. The molecule has 2 rings (SSSR count). The van der Waals surface area contributed by atoms with Crippen molar-refractivity contribution in [1.29, 1.82) is 0 Å². The standard InChI is InChI=1S/C19H22Cl2O/c1-2-3-4-5-13-22-18-11-9-15(10-12-18)16-7-6-8-17(14-16)19(20)21/h6-12,14,19H,2-5,13H2,1H3. The van der Waals surface area contributed by atoms with Crippen molar-refractivity contribution >= 4 is 23.2 Å². The Hall–Kier alpha value is -1.18. The normalized spacial score (nSPS) is 10.9. The van der Waals surface area contributed by atoms with E-state index in [1.807, 2.05) is 30.3 Å². The van der Waals surface area contributed by atoms with Gasteiger partial charge >= 0.3 is 0 Å². The maximum absolute atomic E-state index is 5.93. The second-order valence-electron chi connectivity index (χ2n) is 5.36. The Morgan fingerprint density at radius 3 is 2.36 bits per heavy atom. The molecule has 0 N–H and O–H groups in total. The van der Waals surface area contributed by atoms with E-state index in [4.69, 9.17) is 27.9 Å². The van der Waals surface area contributed by atoms with Crippen LogP contribution >= 0.6 is 23.2 Å². The van der Waals surface area contributed by atoms with Gasteiger partial charge in [0, 0.05) is 0 Å². The Labute approximate surface area is 143 Å². The minimum Gasteiger partial charge on any atom is -0.494 e. The van der Waals surface area contributed by atoms with Gasteiger partial charge in [-0.2, -0.15) is 0 Å². The fraction of sp³-hybridized carbons (Fsp3) is 0.368. The molecule has 2 aromatic carbocycles. The lowest BCUT2D eigenvalue weighted by Gasteiger charge is -2.09. The lowest BCUT2D eigenvalue weighted by atomic mass is 10.0. The molecule has 0 saturated carbocycles. The summed E-state index contributed by atoms with van der Waals surface area (Å²) in [6, 6.07) is 16.1. The Bertz CT molecular complexity index is 564. The Balaban J connectivity index is 1.95. The summed E-state index contributed by atoms with van der Waals surface area (Å²) in [5.41, 5.74) is 3.16. The molecular formula is C19H22Cl2O. The van der Waals surface area contributed by atoms with E-state index >= 15 is 0 Å². The fourth-order valence-corrected chi connectivity index (χ4v) is 2.59. The van der Waals surface area contributed by atoms with Crippen molar-refractivity contribution in [1.82, 2.24) is 0 Å². The molecule has 0 saturated heterocycles. The van der Waals surface area contributed by atoms with Gasteiger partial charge in [-0.25, -0.2) is 0 Å². The van der Waals surface area contributed by atoms with Crippen molar-refractivity contribution in [3.8, 4) is 16.9 Å². The first kappa shape index (κ1) is 17.2. The minimum atomic E-state index is -0.495. The first-order valence-corrected chi connectivity index (χ1v) is 8.69. The molecule has 0 atom stereocenters. The second-order valence-corrected chi connectivity index (χ2v) is 6.46. The molecule has 0 fully saturated rings. The highest BCUT2D eigenvalue weighted by atomic mass is 35.5. The van der Waals surface area contributed by atoms with Crippen LogP contribution in [0.15, 0.2) is 48.5 Å². The number of halogens is 2. The zero-order chi connectivity index (χ0) is 15.8. The maximum Gasteiger partial charge on any atom is 0.132 e. The van der Waals surface area contributed by atoms with Crippen LogP contribution in [-0.2, 0) is 0 Å². The molecule has 0 aliphatic rings. The van der Waals surface area contributed by atoms with E-state index in [9.17, 15) is 0 Å². The highest BCUT2D eigenvalue weighted by Gasteiger charge is 2.05. The molecule has 0 aromatic heterocycles. The summed E-state index contributed by atoms with van der Waals surface area (Å²) in [6.07, 6.45) is 4.88. The van der Waals surface area contributed by atoms with E-state index in [2.05, 4.69) is 25.1 Å². The third-order valence-electron chi connectivity index (χ3n) is 3.59. The average molecular weight is 337 g/mol. The van der Waals surface area contributed by atoms with Crippen LogP contribution in [0.1, 0.15) is 43.0 Å². The van der Waals surface area contributed by atoms with Crippen LogP contribution < -0.4 is 4.74 Å². The number of benzene rings is 2. The summed E-state index contributed by atoms with van der Waals surface area (Å²) in [5.74, 6) is 0.920. The molecule has 0 aliphatic carbocycles. The zero-order valence-corrected chi connectivity index (χ0v) is 14.4. The van der Waals surface area contributed by atoms with Gasteiger partial charge in [-0.3, -0.25) is 0 Å². The number of rotatable bonds is 8. The number of ether oxygens (including phenoxy) is 1. The van der Waals surface area contributed by atoms with Gasteiger partial charge in [-0.05, 0) is 41.3 Å². The van der Waals surface area contributed by atoms with Gasteiger partial charge in [0.05, 0.1) is 6.61 Å². The van der Waals surface area contributed by atoms with E-state index in [1.54, 1.807) is 0 Å². The first-order chi connectivity index (χ1) is 10.7. The fourth-order valence-electron chi connectivity index (χ4n) is 2.32. The van der Waals surface area contributed by atoms with Gasteiger partial charge in [-0.15, -0.1) is 23.2 Å². The quantitative estimate of drug-likeness (QED) is 0.381. The lowest BCUT2D eigenvalue weighted by Crippen LogP contribution is -1.97. The highest BCUT2D eigenvalue weighted by Crippen LogP contribution is 2.29. The number of hydrogen-bond acceptors (Lipinski definition) is 1. The van der Waals surface area contributed by atoms with Gasteiger partial charge in [0.1, 0.15) is 10.6 Å². The van der Waals surface area contributed by atoms with Crippen molar-refractivity contribution in [2.75, 3.05) is 6.61 Å². The second kappa shape index (κ2) is 9.07. The molecule has 0 heterocycles. The third-order valence-corrected chi connectivity index (χ3v) is 4.10. The number of hydrogen-bond donors (Lipinski definition) is 0.